The number of para-hydroxylation sites is 1. The van der Waals surface area contributed by atoms with Gasteiger partial charge in [-0.3, -0.25) is 4.79 Å². The third-order valence-corrected chi connectivity index (χ3v) is 3.47. The molecule has 2 aromatic rings. The number of nitrogens with zero attached hydrogens (tertiary/aromatic N) is 3. The van der Waals surface area contributed by atoms with E-state index in [-0.39, 0.29) is 12.7 Å². The second-order valence-electron chi connectivity index (χ2n) is 5.07. The van der Waals surface area contributed by atoms with E-state index < -0.39 is 6.10 Å². The number of nitrogens with one attached hydrogen (secondary N) is 1. The zero-order chi connectivity index (χ0) is 15.5. The van der Waals surface area contributed by atoms with Crippen LogP contribution >= 0.6 is 0 Å². The Morgan fingerprint density at radius 3 is 3.00 bits per heavy atom. The van der Waals surface area contributed by atoms with Crippen molar-refractivity contribution < 1.29 is 14.3 Å². The van der Waals surface area contributed by atoms with E-state index in [2.05, 4.69) is 15.4 Å². The van der Waals surface area contributed by atoms with E-state index in [1.165, 1.54) is 0 Å². The van der Waals surface area contributed by atoms with E-state index in [0.29, 0.717) is 18.8 Å². The molecule has 22 heavy (non-hydrogen) atoms. The van der Waals surface area contributed by atoms with E-state index in [1.807, 2.05) is 38.1 Å². The van der Waals surface area contributed by atoms with Crippen LogP contribution in [0.2, 0.25) is 0 Å². The summed E-state index contributed by atoms with van der Waals surface area (Å²) in [6.07, 6.45) is -0.636. The van der Waals surface area contributed by atoms with Crippen molar-refractivity contribution in [3.63, 3.8) is 0 Å². The largest absolute Gasteiger partial charge is 0.467 e. The maximum absolute atomic E-state index is 12.3. The average Bonchev–Trinajstić information content (AvgIpc) is 2.84. The van der Waals surface area contributed by atoms with E-state index in [0.717, 1.165) is 17.2 Å². The average molecular weight is 302 g/mol. The Morgan fingerprint density at radius 1 is 1.41 bits per heavy atom. The van der Waals surface area contributed by atoms with Crippen molar-refractivity contribution in [1.82, 2.24) is 20.1 Å². The van der Waals surface area contributed by atoms with Gasteiger partial charge in [-0.1, -0.05) is 18.2 Å². The van der Waals surface area contributed by atoms with Gasteiger partial charge in [0, 0.05) is 12.1 Å². The van der Waals surface area contributed by atoms with Crippen molar-refractivity contribution in [3.8, 4) is 5.75 Å². The summed E-state index contributed by atoms with van der Waals surface area (Å²) in [7, 11) is 0. The van der Waals surface area contributed by atoms with E-state index in [4.69, 9.17) is 9.47 Å². The first-order valence-corrected chi connectivity index (χ1v) is 7.14. The summed E-state index contributed by atoms with van der Waals surface area (Å²) in [5.74, 6) is 2.08. The molecular weight excluding hydrogens is 284 g/mol. The lowest BCUT2D eigenvalue weighted by Gasteiger charge is -2.25. The minimum absolute atomic E-state index is 0.0798. The van der Waals surface area contributed by atoms with Crippen LogP contribution in [0.25, 0.3) is 0 Å². The van der Waals surface area contributed by atoms with Gasteiger partial charge in [0.05, 0.1) is 6.54 Å². The van der Waals surface area contributed by atoms with E-state index in [9.17, 15) is 4.79 Å². The smallest absolute Gasteiger partial charge is 0.254 e. The lowest BCUT2D eigenvalue weighted by molar-refractivity contribution is -0.142. The standard InChI is InChI=1S/C15H18N4O3/c1-10-17-11(2)19(18-10)8-7-16-15(20)14-12-5-3-4-6-13(12)21-9-22-14/h3-6,14H,7-9H2,1-2H3,(H,16,20)/t14-/m1/s1. The molecule has 3 rings (SSSR count). The fourth-order valence-corrected chi connectivity index (χ4v) is 2.45. The number of fused-ring (bicyclic) bond motifs is 1. The van der Waals surface area contributed by atoms with Crippen molar-refractivity contribution in [1.29, 1.82) is 0 Å². The highest BCUT2D eigenvalue weighted by Gasteiger charge is 2.28. The topological polar surface area (TPSA) is 78.3 Å². The molecule has 1 N–H and O–H groups in total. The van der Waals surface area contributed by atoms with Gasteiger partial charge in [0.25, 0.3) is 5.91 Å². The zero-order valence-corrected chi connectivity index (χ0v) is 12.6. The molecule has 0 aliphatic carbocycles. The molecule has 0 radical (unpaired) electrons. The molecule has 0 spiro atoms. The van der Waals surface area contributed by atoms with Crippen LogP contribution in [0, 0.1) is 13.8 Å². The van der Waals surface area contributed by atoms with Gasteiger partial charge in [0.15, 0.2) is 12.9 Å². The van der Waals surface area contributed by atoms with Crippen LogP contribution in [-0.2, 0) is 16.1 Å². The van der Waals surface area contributed by atoms with Crippen molar-refractivity contribution in [2.75, 3.05) is 13.3 Å². The molecule has 1 atom stereocenters. The summed E-state index contributed by atoms with van der Waals surface area (Å²) in [6, 6.07) is 7.40. The molecule has 1 aromatic carbocycles. The van der Waals surface area contributed by atoms with Crippen LogP contribution < -0.4 is 10.1 Å². The molecule has 7 nitrogen and oxygen atoms in total. The number of carbonyl (C=O) groups is 1. The molecule has 1 amide bonds. The summed E-state index contributed by atoms with van der Waals surface area (Å²) in [5, 5.41) is 7.13. The summed E-state index contributed by atoms with van der Waals surface area (Å²) in [4.78, 5) is 16.5. The second-order valence-corrected chi connectivity index (χ2v) is 5.07. The summed E-state index contributed by atoms with van der Waals surface area (Å²) in [6.45, 7) is 4.85. The molecular formula is C15H18N4O3. The molecule has 0 fully saturated rings. The molecule has 2 heterocycles. The summed E-state index contributed by atoms with van der Waals surface area (Å²) >= 11 is 0. The van der Waals surface area contributed by atoms with Gasteiger partial charge in [0.1, 0.15) is 17.4 Å². The number of ether oxygens (including phenoxy) is 2. The second kappa shape index (κ2) is 6.15. The monoisotopic (exact) mass is 302 g/mol. The number of rotatable bonds is 4. The third-order valence-electron chi connectivity index (χ3n) is 3.47. The van der Waals surface area contributed by atoms with Gasteiger partial charge in [-0.2, -0.15) is 5.10 Å². The van der Waals surface area contributed by atoms with Gasteiger partial charge < -0.3 is 14.8 Å². The number of aromatic nitrogens is 3. The Kier molecular flexibility index (Phi) is 4.06. The SMILES string of the molecule is Cc1nc(C)n(CCNC(=O)[C@@H]2OCOc3ccccc32)n1. The first-order chi connectivity index (χ1) is 10.6. The normalized spacial score (nSPS) is 16.7. The zero-order valence-electron chi connectivity index (χ0n) is 12.6. The Bertz CT molecular complexity index is 683. The molecule has 7 heteroatoms. The number of benzene rings is 1. The minimum atomic E-state index is -0.636. The fraction of sp³-hybridized carbons (Fsp3) is 0.400. The molecule has 0 unspecified atom stereocenters. The number of aryl methyl sites for hydroxylation is 2. The Labute approximate surface area is 128 Å². The maximum atomic E-state index is 12.3. The number of hydrogen-bond donors (Lipinski definition) is 1. The first kappa shape index (κ1) is 14.5. The maximum Gasteiger partial charge on any atom is 0.254 e. The van der Waals surface area contributed by atoms with Gasteiger partial charge >= 0.3 is 0 Å². The van der Waals surface area contributed by atoms with Crippen LogP contribution in [0.15, 0.2) is 24.3 Å². The van der Waals surface area contributed by atoms with Gasteiger partial charge in [-0.15, -0.1) is 0 Å². The van der Waals surface area contributed by atoms with E-state index in [1.54, 1.807) is 4.68 Å². The molecule has 0 bridgehead atoms. The number of carbonyl (C=O) groups excluding carboxylic acids is 1. The van der Waals surface area contributed by atoms with Crippen LogP contribution in [0.5, 0.6) is 5.75 Å². The third kappa shape index (κ3) is 2.94. The van der Waals surface area contributed by atoms with Crippen LogP contribution in [0.3, 0.4) is 0 Å². The quantitative estimate of drug-likeness (QED) is 0.915. The number of amides is 1. The molecule has 1 aromatic heterocycles. The molecule has 0 saturated carbocycles. The highest BCUT2D eigenvalue weighted by Crippen LogP contribution is 2.31. The van der Waals surface area contributed by atoms with Gasteiger partial charge in [-0.25, -0.2) is 9.67 Å². The fourth-order valence-electron chi connectivity index (χ4n) is 2.45. The Morgan fingerprint density at radius 2 is 2.23 bits per heavy atom. The summed E-state index contributed by atoms with van der Waals surface area (Å²) < 4.78 is 12.6. The van der Waals surface area contributed by atoms with Crippen molar-refractivity contribution in [2.45, 2.75) is 26.5 Å². The predicted octanol–water partition coefficient (Wildman–Crippen LogP) is 1.12. The molecule has 1 aliphatic rings. The van der Waals surface area contributed by atoms with Crippen molar-refractivity contribution >= 4 is 5.91 Å². The lowest BCUT2D eigenvalue weighted by atomic mass is 10.1. The first-order valence-electron chi connectivity index (χ1n) is 7.14. The van der Waals surface area contributed by atoms with Gasteiger partial charge in [-0.05, 0) is 19.9 Å². The Balaban J connectivity index is 1.60. The number of hydrogen-bond acceptors (Lipinski definition) is 5. The van der Waals surface area contributed by atoms with Crippen LogP contribution in [-0.4, -0.2) is 34.0 Å². The highest BCUT2D eigenvalue weighted by molar-refractivity contribution is 5.83. The summed E-state index contributed by atoms with van der Waals surface area (Å²) in [5.41, 5.74) is 0.749. The molecule has 1 aliphatic heterocycles. The predicted molar refractivity (Wildman–Crippen MR) is 78.3 cm³/mol. The lowest BCUT2D eigenvalue weighted by Crippen LogP contribution is -2.35. The Hall–Kier alpha value is -2.41. The molecule has 116 valence electrons. The van der Waals surface area contributed by atoms with Gasteiger partial charge in [0.2, 0.25) is 0 Å². The van der Waals surface area contributed by atoms with Crippen molar-refractivity contribution in [3.05, 3.63) is 41.5 Å². The minimum Gasteiger partial charge on any atom is -0.467 e. The highest BCUT2D eigenvalue weighted by atomic mass is 16.7. The van der Waals surface area contributed by atoms with Crippen LogP contribution in [0.4, 0.5) is 0 Å². The van der Waals surface area contributed by atoms with Crippen LogP contribution in [0.1, 0.15) is 23.3 Å². The van der Waals surface area contributed by atoms with Crippen molar-refractivity contribution in [2.24, 2.45) is 0 Å². The molecule has 0 saturated heterocycles. The van der Waals surface area contributed by atoms with E-state index >= 15 is 0 Å².